The van der Waals surface area contributed by atoms with Crippen LogP contribution in [-0.2, 0) is 4.74 Å². The molecule has 0 bridgehead atoms. The normalized spacial score (nSPS) is 27.2. The predicted molar refractivity (Wildman–Crippen MR) is 65.1 cm³/mol. The Morgan fingerprint density at radius 3 is 2.60 bits per heavy atom. The van der Waals surface area contributed by atoms with Gasteiger partial charge in [0.15, 0.2) is 0 Å². The first kappa shape index (κ1) is 13.0. The van der Waals surface area contributed by atoms with Gasteiger partial charge in [-0.05, 0) is 37.6 Å². The Hall–Kier alpha value is -0.0800. The highest BCUT2D eigenvalue weighted by Gasteiger charge is 2.27. The van der Waals surface area contributed by atoms with Crippen molar-refractivity contribution in [2.24, 2.45) is 5.41 Å². The van der Waals surface area contributed by atoms with Crippen molar-refractivity contribution in [3.8, 4) is 0 Å². The lowest BCUT2D eigenvalue weighted by Gasteiger charge is -2.23. The van der Waals surface area contributed by atoms with Crippen LogP contribution < -0.4 is 5.32 Å². The highest BCUT2D eigenvalue weighted by Crippen LogP contribution is 2.24. The third-order valence-electron chi connectivity index (χ3n) is 3.10. The van der Waals surface area contributed by atoms with Crippen molar-refractivity contribution in [3.05, 3.63) is 0 Å². The number of ether oxygens (including phenoxy) is 1. The molecular formula is C13H27NO. The summed E-state index contributed by atoms with van der Waals surface area (Å²) in [5.41, 5.74) is 0.395. The van der Waals surface area contributed by atoms with Gasteiger partial charge in [0, 0.05) is 12.6 Å². The molecule has 2 unspecified atom stereocenters. The molecule has 15 heavy (non-hydrogen) atoms. The van der Waals surface area contributed by atoms with Crippen LogP contribution >= 0.6 is 0 Å². The fourth-order valence-corrected chi connectivity index (χ4v) is 2.14. The monoisotopic (exact) mass is 213 g/mol. The minimum absolute atomic E-state index is 0.395. The van der Waals surface area contributed by atoms with Gasteiger partial charge in [-0.15, -0.1) is 0 Å². The average Bonchev–Trinajstić information content (AvgIpc) is 2.51. The maximum Gasteiger partial charge on any atom is 0.0728 e. The molecule has 1 aliphatic carbocycles. The second kappa shape index (κ2) is 5.86. The molecule has 2 nitrogen and oxygen atoms in total. The summed E-state index contributed by atoms with van der Waals surface area (Å²) < 4.78 is 5.98. The van der Waals surface area contributed by atoms with Crippen LogP contribution in [0, 0.1) is 5.41 Å². The van der Waals surface area contributed by atoms with Crippen LogP contribution in [0.2, 0.25) is 0 Å². The minimum Gasteiger partial charge on any atom is -0.377 e. The molecule has 1 N–H and O–H groups in total. The van der Waals surface area contributed by atoms with E-state index in [0.717, 1.165) is 19.6 Å². The predicted octanol–water partition coefficient (Wildman–Crippen LogP) is 2.97. The van der Waals surface area contributed by atoms with Gasteiger partial charge < -0.3 is 10.1 Å². The lowest BCUT2D eigenvalue weighted by atomic mass is 9.93. The van der Waals surface area contributed by atoms with Crippen LogP contribution in [0.4, 0.5) is 0 Å². The fourth-order valence-electron chi connectivity index (χ4n) is 2.14. The summed E-state index contributed by atoms with van der Waals surface area (Å²) in [5, 5.41) is 3.52. The lowest BCUT2D eigenvalue weighted by molar-refractivity contribution is 0.0265. The largest absolute Gasteiger partial charge is 0.377 e. The topological polar surface area (TPSA) is 21.3 Å². The molecule has 2 heteroatoms. The molecule has 0 spiro atoms. The Kier molecular flexibility index (Phi) is 5.07. The second-order valence-corrected chi connectivity index (χ2v) is 5.81. The Morgan fingerprint density at radius 1 is 1.27 bits per heavy atom. The molecule has 1 aliphatic rings. The molecule has 0 radical (unpaired) electrons. The van der Waals surface area contributed by atoms with Crippen LogP contribution in [0.1, 0.15) is 53.4 Å². The summed E-state index contributed by atoms with van der Waals surface area (Å²) in [4.78, 5) is 0. The molecule has 1 fully saturated rings. The van der Waals surface area contributed by atoms with E-state index in [0.29, 0.717) is 17.6 Å². The molecule has 0 amide bonds. The molecule has 2 atom stereocenters. The molecule has 1 rings (SSSR count). The first-order valence-electron chi connectivity index (χ1n) is 6.38. The Morgan fingerprint density at radius 2 is 2.00 bits per heavy atom. The van der Waals surface area contributed by atoms with Crippen LogP contribution in [0.3, 0.4) is 0 Å². The summed E-state index contributed by atoms with van der Waals surface area (Å²) in [6.45, 7) is 11.0. The molecule has 0 saturated heterocycles. The van der Waals surface area contributed by atoms with E-state index in [1.165, 1.54) is 19.3 Å². The molecule has 90 valence electrons. The molecule has 0 aromatic rings. The molecular weight excluding hydrogens is 186 g/mol. The van der Waals surface area contributed by atoms with Gasteiger partial charge in [-0.3, -0.25) is 0 Å². The molecule has 1 saturated carbocycles. The van der Waals surface area contributed by atoms with Gasteiger partial charge in [0.25, 0.3) is 0 Å². The summed E-state index contributed by atoms with van der Waals surface area (Å²) in [7, 11) is 0. The van der Waals surface area contributed by atoms with Crippen LogP contribution in [0.25, 0.3) is 0 Å². The van der Waals surface area contributed by atoms with Crippen molar-refractivity contribution in [1.82, 2.24) is 5.32 Å². The van der Waals surface area contributed by atoms with Crippen molar-refractivity contribution in [1.29, 1.82) is 0 Å². The zero-order valence-corrected chi connectivity index (χ0v) is 10.8. The standard InChI is InChI=1S/C13H27NO/c1-5-14-11-7-6-8-12(11)15-10-9-13(2,3)4/h11-12,14H,5-10H2,1-4H3. The number of rotatable bonds is 5. The van der Waals surface area contributed by atoms with E-state index in [1.807, 2.05) is 0 Å². The Bertz CT molecular complexity index is 174. The summed E-state index contributed by atoms with van der Waals surface area (Å²) in [6, 6.07) is 0.606. The van der Waals surface area contributed by atoms with Crippen LogP contribution in [0.15, 0.2) is 0 Å². The van der Waals surface area contributed by atoms with E-state index in [1.54, 1.807) is 0 Å². The average molecular weight is 213 g/mol. The summed E-state index contributed by atoms with van der Waals surface area (Å²) >= 11 is 0. The van der Waals surface area contributed by atoms with Gasteiger partial charge in [0.2, 0.25) is 0 Å². The van der Waals surface area contributed by atoms with Crippen molar-refractivity contribution in [2.45, 2.75) is 65.5 Å². The molecule has 0 aromatic carbocycles. The highest BCUT2D eigenvalue weighted by molar-refractivity contribution is 4.83. The zero-order chi connectivity index (χ0) is 11.3. The summed E-state index contributed by atoms with van der Waals surface area (Å²) in [5.74, 6) is 0. The fraction of sp³-hybridized carbons (Fsp3) is 1.00. The van der Waals surface area contributed by atoms with Crippen LogP contribution in [0.5, 0.6) is 0 Å². The smallest absolute Gasteiger partial charge is 0.0728 e. The zero-order valence-electron chi connectivity index (χ0n) is 10.8. The number of nitrogens with one attached hydrogen (secondary N) is 1. The van der Waals surface area contributed by atoms with E-state index in [-0.39, 0.29) is 0 Å². The number of likely N-dealkylation sites (N-methyl/N-ethyl adjacent to an activating group) is 1. The minimum atomic E-state index is 0.395. The number of hydrogen-bond acceptors (Lipinski definition) is 2. The molecule has 0 aromatic heterocycles. The second-order valence-electron chi connectivity index (χ2n) is 5.81. The lowest BCUT2D eigenvalue weighted by Crippen LogP contribution is -2.37. The SMILES string of the molecule is CCNC1CCCC1OCCC(C)(C)C. The van der Waals surface area contributed by atoms with E-state index in [9.17, 15) is 0 Å². The van der Waals surface area contributed by atoms with Crippen LogP contribution in [-0.4, -0.2) is 25.3 Å². The van der Waals surface area contributed by atoms with E-state index < -0.39 is 0 Å². The van der Waals surface area contributed by atoms with Gasteiger partial charge in [0.05, 0.1) is 6.10 Å². The maximum absolute atomic E-state index is 5.98. The van der Waals surface area contributed by atoms with Crippen molar-refractivity contribution in [3.63, 3.8) is 0 Å². The van der Waals surface area contributed by atoms with Crippen molar-refractivity contribution >= 4 is 0 Å². The molecule has 0 heterocycles. The van der Waals surface area contributed by atoms with Gasteiger partial charge >= 0.3 is 0 Å². The highest BCUT2D eigenvalue weighted by atomic mass is 16.5. The third kappa shape index (κ3) is 4.98. The quantitative estimate of drug-likeness (QED) is 0.758. The van der Waals surface area contributed by atoms with Gasteiger partial charge in [-0.2, -0.15) is 0 Å². The first-order valence-corrected chi connectivity index (χ1v) is 6.38. The van der Waals surface area contributed by atoms with Crippen molar-refractivity contribution in [2.75, 3.05) is 13.2 Å². The van der Waals surface area contributed by atoms with Gasteiger partial charge in [-0.1, -0.05) is 27.7 Å². The van der Waals surface area contributed by atoms with Gasteiger partial charge in [0.1, 0.15) is 0 Å². The maximum atomic E-state index is 5.98. The van der Waals surface area contributed by atoms with Gasteiger partial charge in [-0.25, -0.2) is 0 Å². The Labute approximate surface area is 94.8 Å². The number of hydrogen-bond donors (Lipinski definition) is 1. The third-order valence-corrected chi connectivity index (χ3v) is 3.10. The Balaban J connectivity index is 2.20. The molecule has 0 aliphatic heterocycles. The van der Waals surface area contributed by atoms with E-state index in [4.69, 9.17) is 4.74 Å². The van der Waals surface area contributed by atoms with Crippen molar-refractivity contribution < 1.29 is 4.74 Å². The van der Waals surface area contributed by atoms with E-state index >= 15 is 0 Å². The summed E-state index contributed by atoms with van der Waals surface area (Å²) in [6.07, 6.45) is 5.46. The van der Waals surface area contributed by atoms with E-state index in [2.05, 4.69) is 33.0 Å². The first-order chi connectivity index (χ1) is 7.03.